The highest BCUT2D eigenvalue weighted by Gasteiger charge is 2.31. The standard InChI is InChI=1S/C30H33N3O/c1-33(21-18-29(26-8-4-2-5-9-26)27-10-6-3-7-11-27)19-16-28(17-20-33)32-30(34)22-24-12-14-25(23-31)15-13-24/h2-15,28-29H,16-22H2,1H3/p+1. The van der Waals surface area contributed by atoms with Crippen LogP contribution in [0, 0.1) is 11.3 Å². The van der Waals surface area contributed by atoms with Gasteiger partial charge in [-0.25, -0.2) is 0 Å². The number of amides is 1. The van der Waals surface area contributed by atoms with Gasteiger partial charge in [0.2, 0.25) is 5.91 Å². The van der Waals surface area contributed by atoms with Gasteiger partial charge in [-0.15, -0.1) is 0 Å². The van der Waals surface area contributed by atoms with Gasteiger partial charge >= 0.3 is 0 Å². The maximum Gasteiger partial charge on any atom is 0.224 e. The summed E-state index contributed by atoms with van der Waals surface area (Å²) in [6.07, 6.45) is 3.50. The van der Waals surface area contributed by atoms with E-state index in [1.54, 1.807) is 12.1 Å². The van der Waals surface area contributed by atoms with Gasteiger partial charge in [-0.1, -0.05) is 72.8 Å². The number of nitriles is 1. The van der Waals surface area contributed by atoms with Gasteiger partial charge in [0.1, 0.15) is 0 Å². The molecule has 4 rings (SSSR count). The number of likely N-dealkylation sites (tertiary alicyclic amines) is 1. The number of carbonyl (C=O) groups is 1. The van der Waals surface area contributed by atoms with Crippen LogP contribution in [0.15, 0.2) is 84.9 Å². The van der Waals surface area contributed by atoms with E-state index < -0.39 is 0 Å². The second kappa shape index (κ2) is 11.1. The Bertz CT molecular complexity index is 1060. The Labute approximate surface area is 203 Å². The highest BCUT2D eigenvalue weighted by Crippen LogP contribution is 2.30. The molecule has 3 aromatic carbocycles. The molecular weight excluding hydrogens is 418 g/mol. The summed E-state index contributed by atoms with van der Waals surface area (Å²) in [5.74, 6) is 0.473. The molecule has 4 nitrogen and oxygen atoms in total. The number of hydrogen-bond acceptors (Lipinski definition) is 2. The van der Waals surface area contributed by atoms with Crippen molar-refractivity contribution in [3.05, 3.63) is 107 Å². The Hall–Kier alpha value is -3.42. The van der Waals surface area contributed by atoms with E-state index in [1.807, 2.05) is 12.1 Å². The van der Waals surface area contributed by atoms with Crippen LogP contribution in [0.5, 0.6) is 0 Å². The number of quaternary nitrogens is 1. The van der Waals surface area contributed by atoms with E-state index in [9.17, 15) is 4.79 Å². The first-order valence-corrected chi connectivity index (χ1v) is 12.3. The summed E-state index contributed by atoms with van der Waals surface area (Å²) in [7, 11) is 2.36. The molecule has 4 heteroatoms. The van der Waals surface area contributed by atoms with Gasteiger partial charge in [0.25, 0.3) is 0 Å². The molecule has 0 aliphatic carbocycles. The van der Waals surface area contributed by atoms with Crippen LogP contribution in [-0.2, 0) is 11.2 Å². The number of nitrogens with one attached hydrogen (secondary N) is 1. The zero-order chi connectivity index (χ0) is 23.8. The summed E-state index contributed by atoms with van der Waals surface area (Å²) in [4.78, 5) is 12.5. The average Bonchev–Trinajstić information content (AvgIpc) is 2.87. The largest absolute Gasteiger partial charge is 0.353 e. The smallest absolute Gasteiger partial charge is 0.224 e. The molecule has 1 amide bonds. The van der Waals surface area contributed by atoms with Gasteiger partial charge < -0.3 is 9.80 Å². The van der Waals surface area contributed by atoms with Crippen molar-refractivity contribution >= 4 is 5.91 Å². The lowest BCUT2D eigenvalue weighted by atomic mass is 9.88. The molecule has 0 spiro atoms. The zero-order valence-corrected chi connectivity index (χ0v) is 20.0. The third-order valence-electron chi connectivity index (χ3n) is 7.21. The Balaban J connectivity index is 1.30. The van der Waals surface area contributed by atoms with Crippen LogP contribution in [0.3, 0.4) is 0 Å². The number of hydrogen-bond donors (Lipinski definition) is 1. The number of nitrogens with zero attached hydrogens (tertiary/aromatic N) is 2. The molecule has 0 atom stereocenters. The molecule has 174 valence electrons. The third-order valence-corrected chi connectivity index (χ3v) is 7.21. The predicted molar refractivity (Wildman–Crippen MR) is 136 cm³/mol. The Morgan fingerprint density at radius 2 is 1.50 bits per heavy atom. The fourth-order valence-corrected chi connectivity index (χ4v) is 5.06. The lowest BCUT2D eigenvalue weighted by Crippen LogP contribution is -2.54. The molecule has 1 fully saturated rings. The predicted octanol–water partition coefficient (Wildman–Crippen LogP) is 5.05. The molecule has 0 radical (unpaired) electrons. The molecule has 0 saturated carbocycles. The van der Waals surface area contributed by atoms with E-state index in [2.05, 4.69) is 79.1 Å². The minimum Gasteiger partial charge on any atom is -0.353 e. The van der Waals surface area contributed by atoms with Gasteiger partial charge in [-0.05, 0) is 28.8 Å². The topological polar surface area (TPSA) is 52.9 Å². The first kappa shape index (κ1) is 23.7. The lowest BCUT2D eigenvalue weighted by Gasteiger charge is -2.41. The van der Waals surface area contributed by atoms with Crippen LogP contribution in [0.2, 0.25) is 0 Å². The van der Waals surface area contributed by atoms with Crippen LogP contribution in [0.25, 0.3) is 0 Å². The quantitative estimate of drug-likeness (QED) is 0.487. The summed E-state index contributed by atoms with van der Waals surface area (Å²) < 4.78 is 1.05. The van der Waals surface area contributed by atoms with Crippen LogP contribution in [0.1, 0.15) is 47.4 Å². The molecule has 3 aromatic rings. The molecule has 1 saturated heterocycles. The van der Waals surface area contributed by atoms with E-state index in [-0.39, 0.29) is 11.9 Å². The minimum absolute atomic E-state index is 0.0685. The second-order valence-corrected chi connectivity index (χ2v) is 9.78. The average molecular weight is 453 g/mol. The van der Waals surface area contributed by atoms with E-state index in [1.165, 1.54) is 11.1 Å². The van der Waals surface area contributed by atoms with Crippen molar-refractivity contribution in [2.24, 2.45) is 0 Å². The number of carbonyl (C=O) groups excluding carboxylic acids is 1. The van der Waals surface area contributed by atoms with E-state index in [0.29, 0.717) is 17.9 Å². The normalized spacial score (nSPS) is 20.0. The summed E-state index contributed by atoms with van der Waals surface area (Å²) >= 11 is 0. The van der Waals surface area contributed by atoms with Crippen molar-refractivity contribution in [2.45, 2.75) is 37.6 Å². The van der Waals surface area contributed by atoms with Crippen molar-refractivity contribution in [1.29, 1.82) is 5.26 Å². The fraction of sp³-hybridized carbons (Fsp3) is 0.333. The first-order valence-electron chi connectivity index (χ1n) is 12.3. The third kappa shape index (κ3) is 6.34. The number of benzene rings is 3. The van der Waals surface area contributed by atoms with Crippen molar-refractivity contribution in [2.75, 3.05) is 26.7 Å². The summed E-state index contributed by atoms with van der Waals surface area (Å²) in [6.45, 7) is 3.29. The van der Waals surface area contributed by atoms with Gasteiger partial charge in [0.15, 0.2) is 0 Å². The fourth-order valence-electron chi connectivity index (χ4n) is 5.06. The van der Waals surface area contributed by atoms with Gasteiger partial charge in [0.05, 0.1) is 44.7 Å². The lowest BCUT2D eigenvalue weighted by molar-refractivity contribution is -0.914. The molecule has 0 unspecified atom stereocenters. The van der Waals surface area contributed by atoms with E-state index >= 15 is 0 Å². The molecule has 1 aliphatic rings. The molecular formula is C30H34N3O+. The van der Waals surface area contributed by atoms with E-state index in [4.69, 9.17) is 5.26 Å². The van der Waals surface area contributed by atoms with Crippen LogP contribution in [-0.4, -0.2) is 43.1 Å². The highest BCUT2D eigenvalue weighted by atomic mass is 16.1. The second-order valence-electron chi connectivity index (χ2n) is 9.78. The Morgan fingerprint density at radius 3 is 2.03 bits per heavy atom. The maximum absolute atomic E-state index is 12.5. The van der Waals surface area contributed by atoms with Crippen molar-refractivity contribution in [1.82, 2.24) is 5.32 Å². The van der Waals surface area contributed by atoms with Gasteiger partial charge in [-0.2, -0.15) is 5.26 Å². The van der Waals surface area contributed by atoms with Crippen LogP contribution >= 0.6 is 0 Å². The van der Waals surface area contributed by atoms with Crippen LogP contribution in [0.4, 0.5) is 0 Å². The summed E-state index contributed by atoms with van der Waals surface area (Å²) in [5, 5.41) is 12.2. The highest BCUT2D eigenvalue weighted by molar-refractivity contribution is 5.78. The molecule has 0 aromatic heterocycles. The molecule has 34 heavy (non-hydrogen) atoms. The van der Waals surface area contributed by atoms with Gasteiger partial charge in [-0.3, -0.25) is 4.79 Å². The van der Waals surface area contributed by atoms with Crippen molar-refractivity contribution < 1.29 is 9.28 Å². The van der Waals surface area contributed by atoms with E-state index in [0.717, 1.165) is 48.9 Å². The summed E-state index contributed by atoms with van der Waals surface area (Å²) in [6, 6.07) is 31.3. The number of rotatable bonds is 8. The SMILES string of the molecule is C[N+]1(CCC(c2ccccc2)c2ccccc2)CCC(NC(=O)Cc2ccc(C#N)cc2)CC1. The number of piperidine rings is 1. The molecule has 1 aliphatic heterocycles. The molecule has 1 heterocycles. The maximum atomic E-state index is 12.5. The van der Waals surface area contributed by atoms with Gasteiger partial charge in [0, 0.05) is 31.2 Å². The zero-order valence-electron chi connectivity index (χ0n) is 20.0. The first-order chi connectivity index (χ1) is 16.5. The molecule has 0 bridgehead atoms. The molecule has 1 N–H and O–H groups in total. The van der Waals surface area contributed by atoms with Crippen molar-refractivity contribution in [3.63, 3.8) is 0 Å². The monoisotopic (exact) mass is 452 g/mol. The Morgan fingerprint density at radius 1 is 0.941 bits per heavy atom. The Kier molecular flexibility index (Phi) is 7.77. The minimum atomic E-state index is 0.0685. The van der Waals surface area contributed by atoms with Crippen LogP contribution < -0.4 is 5.32 Å². The summed E-state index contributed by atoms with van der Waals surface area (Å²) in [5.41, 5.74) is 4.33. The van der Waals surface area contributed by atoms with Crippen molar-refractivity contribution in [3.8, 4) is 6.07 Å².